The number of carbonyl (C=O) groups excluding carboxylic acids is 1. The molecule has 0 saturated heterocycles. The lowest BCUT2D eigenvalue weighted by Crippen LogP contribution is -2.07. The fraction of sp³-hybridized carbons (Fsp3) is 0.214. The van der Waals surface area contributed by atoms with Crippen LogP contribution in [0, 0.1) is 6.92 Å². The standard InChI is InChI=1S/C14H14N2O2/c1-11-3-2-4-13(7-11)18-6-5-14(17)12-8-15-10-16-9-12/h2-4,7-10H,5-6H2,1H3. The zero-order chi connectivity index (χ0) is 12.8. The van der Waals surface area contributed by atoms with Gasteiger partial charge in [-0.15, -0.1) is 0 Å². The molecule has 1 aromatic heterocycles. The second kappa shape index (κ2) is 5.91. The Morgan fingerprint density at radius 3 is 2.78 bits per heavy atom. The number of aromatic nitrogens is 2. The summed E-state index contributed by atoms with van der Waals surface area (Å²) in [6, 6.07) is 7.75. The van der Waals surface area contributed by atoms with E-state index in [9.17, 15) is 4.79 Å². The van der Waals surface area contributed by atoms with Gasteiger partial charge >= 0.3 is 0 Å². The van der Waals surface area contributed by atoms with Gasteiger partial charge in [0, 0.05) is 18.8 Å². The molecule has 0 atom stereocenters. The smallest absolute Gasteiger partial charge is 0.169 e. The lowest BCUT2D eigenvalue weighted by molar-refractivity contribution is 0.0961. The topological polar surface area (TPSA) is 52.1 Å². The number of aryl methyl sites for hydroxylation is 1. The van der Waals surface area contributed by atoms with Crippen LogP contribution in [0.1, 0.15) is 22.3 Å². The highest BCUT2D eigenvalue weighted by molar-refractivity contribution is 5.95. The Morgan fingerprint density at radius 2 is 2.06 bits per heavy atom. The first-order valence-electron chi connectivity index (χ1n) is 5.73. The molecule has 1 aromatic carbocycles. The minimum absolute atomic E-state index is 0.0109. The van der Waals surface area contributed by atoms with Crippen LogP contribution in [0.3, 0.4) is 0 Å². The Morgan fingerprint density at radius 1 is 1.28 bits per heavy atom. The maximum absolute atomic E-state index is 11.7. The van der Waals surface area contributed by atoms with Gasteiger partial charge in [0.25, 0.3) is 0 Å². The molecule has 0 aliphatic rings. The third-order valence-corrected chi connectivity index (χ3v) is 2.47. The number of nitrogens with zero attached hydrogens (tertiary/aromatic N) is 2. The number of ketones is 1. The zero-order valence-corrected chi connectivity index (χ0v) is 10.2. The van der Waals surface area contributed by atoms with Gasteiger partial charge in [0.2, 0.25) is 0 Å². The van der Waals surface area contributed by atoms with Gasteiger partial charge in [-0.25, -0.2) is 9.97 Å². The first kappa shape index (κ1) is 12.2. The van der Waals surface area contributed by atoms with Crippen molar-refractivity contribution >= 4 is 5.78 Å². The van der Waals surface area contributed by atoms with E-state index < -0.39 is 0 Å². The first-order valence-corrected chi connectivity index (χ1v) is 5.73. The van der Waals surface area contributed by atoms with Gasteiger partial charge in [0.1, 0.15) is 12.1 Å². The molecule has 0 saturated carbocycles. The Bertz CT molecular complexity index is 526. The van der Waals surface area contributed by atoms with Crippen molar-refractivity contribution in [1.29, 1.82) is 0 Å². The normalized spacial score (nSPS) is 10.1. The fourth-order valence-corrected chi connectivity index (χ4v) is 1.55. The van der Waals surface area contributed by atoms with Crippen LogP contribution in [0.15, 0.2) is 43.0 Å². The minimum Gasteiger partial charge on any atom is -0.493 e. The number of benzene rings is 1. The van der Waals surface area contributed by atoms with Crippen LogP contribution in [0.5, 0.6) is 5.75 Å². The van der Waals surface area contributed by atoms with Gasteiger partial charge in [-0.05, 0) is 24.6 Å². The highest BCUT2D eigenvalue weighted by atomic mass is 16.5. The molecule has 0 spiro atoms. The molecule has 0 aliphatic carbocycles. The van der Waals surface area contributed by atoms with Gasteiger partial charge in [0.15, 0.2) is 5.78 Å². The van der Waals surface area contributed by atoms with E-state index in [0.29, 0.717) is 18.6 Å². The van der Waals surface area contributed by atoms with E-state index in [0.717, 1.165) is 11.3 Å². The summed E-state index contributed by atoms with van der Waals surface area (Å²) >= 11 is 0. The molecule has 4 nitrogen and oxygen atoms in total. The maximum Gasteiger partial charge on any atom is 0.169 e. The van der Waals surface area contributed by atoms with Gasteiger partial charge in [0.05, 0.1) is 12.2 Å². The second-order valence-electron chi connectivity index (χ2n) is 3.97. The molecule has 0 amide bonds. The molecule has 92 valence electrons. The summed E-state index contributed by atoms with van der Waals surface area (Å²) in [4.78, 5) is 19.4. The summed E-state index contributed by atoms with van der Waals surface area (Å²) in [5, 5.41) is 0. The van der Waals surface area contributed by atoms with E-state index in [1.807, 2.05) is 31.2 Å². The Balaban J connectivity index is 1.84. The summed E-state index contributed by atoms with van der Waals surface area (Å²) in [6.45, 7) is 2.36. The van der Waals surface area contributed by atoms with E-state index in [1.54, 1.807) is 0 Å². The van der Waals surface area contributed by atoms with Crippen molar-refractivity contribution < 1.29 is 9.53 Å². The van der Waals surface area contributed by atoms with E-state index in [2.05, 4.69) is 9.97 Å². The first-order chi connectivity index (χ1) is 8.75. The van der Waals surface area contributed by atoms with Crippen molar-refractivity contribution in [1.82, 2.24) is 9.97 Å². The molecule has 0 unspecified atom stereocenters. The molecule has 0 fully saturated rings. The van der Waals surface area contributed by atoms with E-state index in [4.69, 9.17) is 4.74 Å². The van der Waals surface area contributed by atoms with E-state index >= 15 is 0 Å². The molecule has 0 aliphatic heterocycles. The van der Waals surface area contributed by atoms with E-state index in [1.165, 1.54) is 18.7 Å². The van der Waals surface area contributed by atoms with Gasteiger partial charge in [-0.1, -0.05) is 12.1 Å². The van der Waals surface area contributed by atoms with Crippen LogP contribution < -0.4 is 4.74 Å². The predicted molar refractivity (Wildman–Crippen MR) is 67.7 cm³/mol. The van der Waals surface area contributed by atoms with E-state index in [-0.39, 0.29) is 5.78 Å². The summed E-state index contributed by atoms with van der Waals surface area (Å²) in [7, 11) is 0. The average Bonchev–Trinajstić information content (AvgIpc) is 2.40. The van der Waals surface area contributed by atoms with Gasteiger partial charge in [-0.3, -0.25) is 4.79 Å². The second-order valence-corrected chi connectivity index (χ2v) is 3.97. The zero-order valence-electron chi connectivity index (χ0n) is 10.2. The maximum atomic E-state index is 11.7. The highest BCUT2D eigenvalue weighted by Gasteiger charge is 2.06. The third-order valence-electron chi connectivity index (χ3n) is 2.47. The molecular weight excluding hydrogens is 228 g/mol. The minimum atomic E-state index is -0.0109. The van der Waals surface area contributed by atoms with Crippen molar-refractivity contribution in [3.05, 3.63) is 54.1 Å². The summed E-state index contributed by atoms with van der Waals surface area (Å²) in [5.74, 6) is 0.773. The SMILES string of the molecule is Cc1cccc(OCCC(=O)c2cncnc2)c1. The van der Waals surface area contributed by atoms with Crippen molar-refractivity contribution in [3.8, 4) is 5.75 Å². The Kier molecular flexibility index (Phi) is 4.02. The van der Waals surface area contributed by atoms with Crippen molar-refractivity contribution in [2.45, 2.75) is 13.3 Å². The van der Waals surface area contributed by atoms with Crippen LogP contribution >= 0.6 is 0 Å². The lowest BCUT2D eigenvalue weighted by atomic mass is 10.2. The number of hydrogen-bond acceptors (Lipinski definition) is 4. The molecule has 0 N–H and O–H groups in total. The fourth-order valence-electron chi connectivity index (χ4n) is 1.55. The molecular formula is C14H14N2O2. The van der Waals surface area contributed by atoms with Crippen molar-refractivity contribution in [3.63, 3.8) is 0 Å². The Labute approximate surface area is 106 Å². The third kappa shape index (κ3) is 3.38. The average molecular weight is 242 g/mol. The number of carbonyl (C=O) groups is 1. The quantitative estimate of drug-likeness (QED) is 0.756. The highest BCUT2D eigenvalue weighted by Crippen LogP contribution is 2.12. The monoisotopic (exact) mass is 242 g/mol. The lowest BCUT2D eigenvalue weighted by Gasteiger charge is -2.06. The Hall–Kier alpha value is -2.23. The molecule has 0 bridgehead atoms. The summed E-state index contributed by atoms with van der Waals surface area (Å²) in [6.07, 6.45) is 4.76. The number of Topliss-reactive ketones (excluding diaryl/α,β-unsaturated/α-hetero) is 1. The van der Waals surface area contributed by atoms with Gasteiger partial charge < -0.3 is 4.74 Å². The molecule has 2 rings (SSSR count). The van der Waals surface area contributed by atoms with Gasteiger partial charge in [-0.2, -0.15) is 0 Å². The van der Waals surface area contributed by atoms with Crippen molar-refractivity contribution in [2.75, 3.05) is 6.61 Å². The largest absolute Gasteiger partial charge is 0.493 e. The van der Waals surface area contributed by atoms with Crippen LogP contribution in [0.25, 0.3) is 0 Å². The summed E-state index contributed by atoms with van der Waals surface area (Å²) < 4.78 is 5.52. The predicted octanol–water partition coefficient (Wildman–Crippen LogP) is 2.44. The molecule has 4 heteroatoms. The van der Waals surface area contributed by atoms with Crippen LogP contribution in [-0.2, 0) is 0 Å². The molecule has 2 aromatic rings. The van der Waals surface area contributed by atoms with Crippen LogP contribution in [-0.4, -0.2) is 22.4 Å². The van der Waals surface area contributed by atoms with Crippen LogP contribution in [0.2, 0.25) is 0 Å². The van der Waals surface area contributed by atoms with Crippen molar-refractivity contribution in [2.24, 2.45) is 0 Å². The number of hydrogen-bond donors (Lipinski definition) is 0. The summed E-state index contributed by atoms with van der Waals surface area (Å²) in [5.41, 5.74) is 1.65. The molecule has 18 heavy (non-hydrogen) atoms. The molecule has 0 radical (unpaired) electrons. The number of ether oxygens (including phenoxy) is 1. The van der Waals surface area contributed by atoms with Crippen LogP contribution in [0.4, 0.5) is 0 Å². The number of rotatable bonds is 5. The molecule has 1 heterocycles.